The molecule has 3 aromatic heterocycles. The maximum absolute atomic E-state index is 10.0. The normalized spacial score (nSPS) is 19.1. The zero-order valence-electron chi connectivity index (χ0n) is 55.8. The highest BCUT2D eigenvalue weighted by Crippen LogP contribution is 2.39. The summed E-state index contributed by atoms with van der Waals surface area (Å²) >= 11 is 0. The van der Waals surface area contributed by atoms with Crippen LogP contribution in [0.5, 0.6) is 0 Å². The molecule has 0 aliphatic carbocycles. The second kappa shape index (κ2) is 11.7. The van der Waals surface area contributed by atoms with Gasteiger partial charge in [-0.3, -0.25) is 4.57 Å². The molecule has 0 saturated carbocycles. The van der Waals surface area contributed by atoms with Crippen molar-refractivity contribution in [2.24, 2.45) is 0 Å². The highest BCUT2D eigenvalue weighted by Gasteiger charge is 2.20. The van der Waals surface area contributed by atoms with Crippen molar-refractivity contribution in [1.82, 2.24) is 19.1 Å². The third-order valence-electron chi connectivity index (χ3n) is 8.92. The number of benzene rings is 8. The SMILES string of the molecule is [2H]c1c([2H])c(C)c([2H])c(-c2c(C)c([2H])c3nc(-n4c5c([2H])c([2H])c([2H])c([2H])c5c5c([2H])c(-n6c7c([2H])c([2H])c([2H])c([2H])c7c7c([2H])c([2H])c([2H])c([2H])c76)c([2H])c([2H])c54)nc(-c4c([2H])c([2H])c5c([2H])c([2H])c([2H])c([2H])c5c4[2H])c3c2[2H])c1[2H]. The zero-order valence-corrected chi connectivity index (χ0v) is 27.8. The Bertz CT molecular complexity index is 4820. The fraction of sp³-hybridized carbons (Fsp3) is 0.0400. The molecule has 0 atom stereocenters. The highest BCUT2D eigenvalue weighted by atomic mass is 15.2. The van der Waals surface area contributed by atoms with Crippen LogP contribution in [0.25, 0.3) is 99.3 Å². The zero-order chi connectivity index (χ0) is 60.3. The number of para-hydroxylation sites is 3. The van der Waals surface area contributed by atoms with Gasteiger partial charge < -0.3 is 4.57 Å². The molecule has 0 unspecified atom stereocenters. The van der Waals surface area contributed by atoms with Gasteiger partial charge in [-0.05, 0) is 95.7 Å². The van der Waals surface area contributed by atoms with Gasteiger partial charge in [0.15, 0.2) is 0 Å². The van der Waals surface area contributed by atoms with Crippen LogP contribution >= 0.6 is 0 Å². The molecule has 4 heteroatoms. The average molecular weight is 719 g/mol. The van der Waals surface area contributed by atoms with Crippen molar-refractivity contribution in [3.63, 3.8) is 0 Å². The second-order valence-electron chi connectivity index (χ2n) is 12.1. The Hall–Kier alpha value is -7.04. The van der Waals surface area contributed by atoms with E-state index in [0.717, 1.165) is 9.13 Å². The van der Waals surface area contributed by atoms with Gasteiger partial charge >= 0.3 is 0 Å². The van der Waals surface area contributed by atoms with Gasteiger partial charge in [-0.25, -0.2) is 9.97 Å². The molecule has 0 fully saturated rings. The molecular formula is C50H34N4. The van der Waals surface area contributed by atoms with Gasteiger partial charge in [0.25, 0.3) is 0 Å². The van der Waals surface area contributed by atoms with E-state index in [1.54, 1.807) is 0 Å². The van der Waals surface area contributed by atoms with Crippen LogP contribution in [0.3, 0.4) is 0 Å². The number of nitrogens with zero attached hydrogens (tertiary/aromatic N) is 4. The van der Waals surface area contributed by atoms with E-state index in [-0.39, 0.29) is 16.7 Å². The molecule has 0 amide bonds. The van der Waals surface area contributed by atoms with Gasteiger partial charge in [-0.1, -0.05) is 120 Å². The molecule has 8 aromatic carbocycles. The van der Waals surface area contributed by atoms with Crippen molar-refractivity contribution in [2.45, 2.75) is 13.8 Å². The minimum atomic E-state index is -1.00. The summed E-state index contributed by atoms with van der Waals surface area (Å²) in [4.78, 5) is 9.40. The molecule has 0 saturated heterocycles. The Kier molecular flexibility index (Phi) is 2.99. The van der Waals surface area contributed by atoms with Crippen molar-refractivity contribution < 1.29 is 38.4 Å². The molecule has 0 aliphatic heterocycles. The number of hydrogen-bond acceptors (Lipinski definition) is 2. The first-order valence-corrected chi connectivity index (χ1v) is 16.2. The van der Waals surface area contributed by atoms with E-state index in [0.29, 0.717) is 0 Å². The first kappa shape index (κ1) is 13.7. The molecule has 0 bridgehead atoms. The summed E-state index contributed by atoms with van der Waals surface area (Å²) in [5.41, 5.74) is -6.22. The van der Waals surface area contributed by atoms with Gasteiger partial charge in [0.05, 0.1) is 71.7 Å². The van der Waals surface area contributed by atoms with E-state index >= 15 is 0 Å². The lowest BCUT2D eigenvalue weighted by molar-refractivity contribution is 1.01. The Morgan fingerprint density at radius 2 is 1.09 bits per heavy atom. The van der Waals surface area contributed by atoms with E-state index in [2.05, 4.69) is 4.98 Å². The monoisotopic (exact) mass is 718 g/mol. The smallest absolute Gasteiger partial charge is 0.235 e. The fourth-order valence-corrected chi connectivity index (χ4v) is 6.57. The lowest BCUT2D eigenvalue weighted by Gasteiger charge is -2.15. The number of fused-ring (bicyclic) bond motifs is 8. The van der Waals surface area contributed by atoms with Crippen molar-refractivity contribution >= 4 is 65.3 Å². The fourth-order valence-electron chi connectivity index (χ4n) is 6.57. The van der Waals surface area contributed by atoms with Crippen molar-refractivity contribution in [2.75, 3.05) is 0 Å². The maximum atomic E-state index is 10.0. The number of hydrogen-bond donors (Lipinski definition) is 0. The summed E-state index contributed by atoms with van der Waals surface area (Å²) in [7, 11) is 0. The summed E-state index contributed by atoms with van der Waals surface area (Å²) in [6, 6.07) is -22.7. The van der Waals surface area contributed by atoms with E-state index in [1.165, 1.54) is 13.8 Å². The first-order chi connectivity index (χ1) is 38.3. The highest BCUT2D eigenvalue weighted by molar-refractivity contribution is 6.12. The van der Waals surface area contributed by atoms with Crippen LogP contribution in [-0.2, 0) is 0 Å². The van der Waals surface area contributed by atoms with Crippen molar-refractivity contribution in [3.05, 3.63) is 180 Å². The quantitative estimate of drug-likeness (QED) is 0.182. The van der Waals surface area contributed by atoms with Gasteiger partial charge in [0.1, 0.15) is 0 Å². The van der Waals surface area contributed by atoms with Crippen LogP contribution < -0.4 is 0 Å². The number of aromatic nitrogens is 4. The predicted molar refractivity (Wildman–Crippen MR) is 226 cm³/mol. The molecule has 11 rings (SSSR count). The molecule has 54 heavy (non-hydrogen) atoms. The minimum Gasteiger partial charge on any atom is -0.309 e. The van der Waals surface area contributed by atoms with Crippen LogP contribution in [0.1, 0.15) is 49.5 Å². The van der Waals surface area contributed by atoms with Crippen LogP contribution in [0.2, 0.25) is 0 Å². The van der Waals surface area contributed by atoms with Gasteiger partial charge in [-0.2, -0.15) is 0 Å². The molecule has 0 spiro atoms. The van der Waals surface area contributed by atoms with Crippen LogP contribution in [0, 0.1) is 13.8 Å². The summed E-state index contributed by atoms with van der Waals surface area (Å²) in [5.74, 6) is -0.821. The molecule has 0 radical (unpaired) electrons. The maximum Gasteiger partial charge on any atom is 0.235 e. The lowest BCUT2D eigenvalue weighted by Crippen LogP contribution is -2.04. The number of rotatable bonds is 4. The van der Waals surface area contributed by atoms with Gasteiger partial charge in [0.2, 0.25) is 5.95 Å². The molecule has 11 aromatic rings. The van der Waals surface area contributed by atoms with Crippen LogP contribution in [0.4, 0.5) is 0 Å². The first-order valence-electron chi connectivity index (χ1n) is 30.2. The Morgan fingerprint density at radius 1 is 0.444 bits per heavy atom. The third kappa shape index (κ3) is 4.63. The third-order valence-corrected chi connectivity index (χ3v) is 8.92. The Morgan fingerprint density at radius 3 is 1.85 bits per heavy atom. The second-order valence-corrected chi connectivity index (χ2v) is 12.1. The van der Waals surface area contributed by atoms with Gasteiger partial charge in [0, 0.05) is 38.2 Å². The summed E-state index contributed by atoms with van der Waals surface area (Å²) in [6.07, 6.45) is 0. The molecule has 3 heterocycles. The lowest BCUT2D eigenvalue weighted by atomic mass is 9.95. The largest absolute Gasteiger partial charge is 0.309 e. The molecule has 254 valence electrons. The van der Waals surface area contributed by atoms with E-state index in [1.807, 2.05) is 0 Å². The minimum absolute atomic E-state index is 0.0857. The average Bonchev–Trinajstić information content (AvgIpc) is 1.67. The van der Waals surface area contributed by atoms with Crippen LogP contribution in [0.15, 0.2) is 169 Å². The Labute approximate surface area is 351 Å². The molecule has 4 nitrogen and oxygen atoms in total. The summed E-state index contributed by atoms with van der Waals surface area (Å²) < 4.78 is 255. The standard InChI is InChI=1S/C50H34N4/c1-31-12-11-15-35(26-31)41-30-43-44(27-32(41)2)51-50(52-49(43)36-23-22-33-13-3-4-14-34(33)28-36)54-47-21-10-7-18-40(47)42-29-37(24-25-48(42)54)53-45-19-8-5-16-38(45)39-17-6-9-20-46(39)53/h3-30H,1-2H3/i3D,4D,5D,6D,7D,8D,9D,10D,11D,12D,13D,14D,15D,16D,17D,18D,19D,20D,21D,22D,23D,24D,25D,26D,27D,28D,29D,30D. The predicted octanol–water partition coefficient (Wildman–Crippen LogP) is 12.9. The van der Waals surface area contributed by atoms with E-state index in [9.17, 15) is 13.7 Å². The summed E-state index contributed by atoms with van der Waals surface area (Å²) in [6.45, 7) is 2.64. The topological polar surface area (TPSA) is 35.6 Å². The van der Waals surface area contributed by atoms with E-state index < -0.39 is 263 Å². The van der Waals surface area contributed by atoms with E-state index in [4.69, 9.17) is 29.7 Å². The summed E-state index contributed by atoms with van der Waals surface area (Å²) in [5, 5.41) is -3.81. The molecule has 0 aliphatic rings. The van der Waals surface area contributed by atoms with Crippen molar-refractivity contribution in [1.29, 1.82) is 0 Å². The molecule has 0 N–H and O–H groups in total. The van der Waals surface area contributed by atoms with Crippen LogP contribution in [-0.4, -0.2) is 19.1 Å². The molecular weight excluding hydrogens is 657 g/mol. The Balaban J connectivity index is 1.40. The van der Waals surface area contributed by atoms with Crippen molar-refractivity contribution in [3.8, 4) is 34.0 Å². The van der Waals surface area contributed by atoms with Gasteiger partial charge in [-0.15, -0.1) is 0 Å².